The van der Waals surface area contributed by atoms with Crippen LogP contribution in [-0.4, -0.2) is 59.2 Å². The highest BCUT2D eigenvalue weighted by Gasteiger charge is 2.60. The Bertz CT molecular complexity index is 706. The number of amides is 2. The number of hydrogen-bond acceptors (Lipinski definition) is 6. The summed E-state index contributed by atoms with van der Waals surface area (Å²) in [5.74, 6) is -0.921. The molecule has 3 heterocycles. The van der Waals surface area contributed by atoms with Gasteiger partial charge >= 0.3 is 7.12 Å². The summed E-state index contributed by atoms with van der Waals surface area (Å²) >= 11 is 0. The molecule has 4 unspecified atom stereocenters. The molecule has 1 aromatic carbocycles. The maximum absolute atomic E-state index is 12.5. The minimum Gasteiger partial charge on any atom is -0.427 e. The number of fused-ring (bicyclic) bond motifs is 5. The van der Waals surface area contributed by atoms with E-state index in [1.54, 1.807) is 0 Å². The summed E-state index contributed by atoms with van der Waals surface area (Å²) in [5, 5.41) is 21.2. The van der Waals surface area contributed by atoms with Crippen molar-refractivity contribution in [2.24, 2.45) is 11.8 Å². The zero-order valence-electron chi connectivity index (χ0n) is 14.2. The van der Waals surface area contributed by atoms with E-state index in [-0.39, 0.29) is 42.2 Å². The Labute approximate surface area is 151 Å². The molecule has 8 heteroatoms. The highest BCUT2D eigenvalue weighted by atomic mass is 16.5. The second-order valence-electron chi connectivity index (χ2n) is 7.01. The molecule has 0 aliphatic carbocycles. The number of ether oxygens (including phenoxy) is 1. The number of hydrogen-bond donors (Lipinski definition) is 3. The second-order valence-corrected chi connectivity index (χ2v) is 7.01. The van der Waals surface area contributed by atoms with Crippen LogP contribution in [0, 0.1) is 11.8 Å². The molecule has 3 N–H and O–H groups in total. The van der Waals surface area contributed by atoms with Crippen LogP contribution in [0.1, 0.15) is 11.1 Å². The average Bonchev–Trinajstić information content (AvgIpc) is 3.28. The summed E-state index contributed by atoms with van der Waals surface area (Å²) in [5.41, 5.74) is 1.90. The van der Waals surface area contributed by atoms with Gasteiger partial charge in [0.1, 0.15) is 0 Å². The number of carbonyl (C=O) groups excluding carboxylic acids is 2. The number of nitrogens with zero attached hydrogens (tertiary/aromatic N) is 1. The van der Waals surface area contributed by atoms with E-state index >= 15 is 0 Å². The Balaban J connectivity index is 1.25. The van der Waals surface area contributed by atoms with Gasteiger partial charge in [-0.15, -0.1) is 0 Å². The summed E-state index contributed by atoms with van der Waals surface area (Å²) in [6, 6.07) is 7.55. The standard InChI is InChI=1S/C18H21BN2O5/c22-17-15-13-5-6-14(26-13)16(15)18(23)21(17)8-7-20-10-12-3-1-11(2-4-12)9-19(24)25/h1-6,13-16,20,24-25H,7-10H2. The van der Waals surface area contributed by atoms with E-state index in [2.05, 4.69) is 5.32 Å². The van der Waals surface area contributed by atoms with Crippen molar-refractivity contribution in [3.8, 4) is 0 Å². The van der Waals surface area contributed by atoms with Crippen LogP contribution in [0.5, 0.6) is 0 Å². The predicted octanol–water partition coefficient (Wildman–Crippen LogP) is -0.731. The lowest BCUT2D eigenvalue weighted by Gasteiger charge is -2.17. The van der Waals surface area contributed by atoms with Gasteiger partial charge in [0.15, 0.2) is 0 Å². The van der Waals surface area contributed by atoms with Gasteiger partial charge in [0, 0.05) is 26.0 Å². The first kappa shape index (κ1) is 17.4. The summed E-state index contributed by atoms with van der Waals surface area (Å²) in [6.45, 7) is 1.50. The largest absolute Gasteiger partial charge is 0.456 e. The molecule has 136 valence electrons. The molecule has 2 bridgehead atoms. The lowest BCUT2D eigenvalue weighted by Crippen LogP contribution is -2.39. The molecule has 2 fully saturated rings. The Morgan fingerprint density at radius 3 is 2.15 bits per heavy atom. The predicted molar refractivity (Wildman–Crippen MR) is 93.5 cm³/mol. The zero-order chi connectivity index (χ0) is 18.3. The summed E-state index contributed by atoms with van der Waals surface area (Å²) in [4.78, 5) is 26.4. The van der Waals surface area contributed by atoms with Crippen molar-refractivity contribution in [3.63, 3.8) is 0 Å². The molecule has 4 rings (SSSR count). The molecule has 2 saturated heterocycles. The topological polar surface area (TPSA) is 99.1 Å². The molecule has 0 spiro atoms. The highest BCUT2D eigenvalue weighted by Crippen LogP contribution is 2.44. The molecule has 2 amide bonds. The molecule has 4 atom stereocenters. The van der Waals surface area contributed by atoms with E-state index in [1.165, 1.54) is 4.90 Å². The summed E-state index contributed by atoms with van der Waals surface area (Å²) in [7, 11) is -1.34. The van der Waals surface area contributed by atoms with E-state index in [1.807, 2.05) is 36.4 Å². The Hall–Kier alpha value is -2.00. The van der Waals surface area contributed by atoms with Crippen molar-refractivity contribution in [1.82, 2.24) is 10.2 Å². The molecule has 3 aliphatic heterocycles. The maximum atomic E-state index is 12.5. The third kappa shape index (κ3) is 3.10. The fraction of sp³-hybridized carbons (Fsp3) is 0.444. The van der Waals surface area contributed by atoms with Gasteiger partial charge in [0.05, 0.1) is 24.0 Å². The Kier molecular flexibility index (Phi) is 4.66. The van der Waals surface area contributed by atoms with Crippen LogP contribution in [-0.2, 0) is 27.2 Å². The van der Waals surface area contributed by atoms with Crippen LogP contribution in [0.4, 0.5) is 0 Å². The first-order chi connectivity index (χ1) is 12.5. The highest BCUT2D eigenvalue weighted by molar-refractivity contribution is 6.40. The van der Waals surface area contributed by atoms with Crippen molar-refractivity contribution in [2.75, 3.05) is 13.1 Å². The smallest absolute Gasteiger partial charge is 0.427 e. The molecule has 0 aromatic heterocycles. The quantitative estimate of drug-likeness (QED) is 0.258. The third-order valence-electron chi connectivity index (χ3n) is 5.28. The van der Waals surface area contributed by atoms with Gasteiger partial charge in [-0.2, -0.15) is 0 Å². The van der Waals surface area contributed by atoms with E-state index in [4.69, 9.17) is 14.8 Å². The molecule has 26 heavy (non-hydrogen) atoms. The van der Waals surface area contributed by atoms with Crippen molar-refractivity contribution in [1.29, 1.82) is 0 Å². The van der Waals surface area contributed by atoms with Gasteiger partial charge in [0.2, 0.25) is 11.8 Å². The molecule has 7 nitrogen and oxygen atoms in total. The van der Waals surface area contributed by atoms with Crippen molar-refractivity contribution in [2.45, 2.75) is 25.1 Å². The number of nitrogens with one attached hydrogen (secondary N) is 1. The van der Waals surface area contributed by atoms with Gasteiger partial charge in [0.25, 0.3) is 0 Å². The van der Waals surface area contributed by atoms with Gasteiger partial charge in [-0.1, -0.05) is 42.0 Å². The van der Waals surface area contributed by atoms with Crippen molar-refractivity contribution >= 4 is 18.9 Å². The van der Waals surface area contributed by atoms with Crippen LogP contribution in [0.15, 0.2) is 36.4 Å². The third-order valence-corrected chi connectivity index (χ3v) is 5.28. The van der Waals surface area contributed by atoms with Crippen LogP contribution in [0.2, 0.25) is 0 Å². The minimum absolute atomic E-state index is 0.120. The number of imide groups is 1. The first-order valence-corrected chi connectivity index (χ1v) is 8.88. The minimum atomic E-state index is -1.34. The lowest BCUT2D eigenvalue weighted by molar-refractivity contribution is -0.142. The molecule has 1 aromatic rings. The average molecular weight is 356 g/mol. The van der Waals surface area contributed by atoms with Gasteiger partial charge in [-0.25, -0.2) is 0 Å². The fourth-order valence-corrected chi connectivity index (χ4v) is 4.01. The number of benzene rings is 1. The normalized spacial score (nSPS) is 28.9. The monoisotopic (exact) mass is 356 g/mol. The van der Waals surface area contributed by atoms with Crippen LogP contribution in [0.25, 0.3) is 0 Å². The van der Waals surface area contributed by atoms with E-state index in [9.17, 15) is 9.59 Å². The molecule has 0 radical (unpaired) electrons. The second kappa shape index (κ2) is 6.96. The first-order valence-electron chi connectivity index (χ1n) is 8.88. The van der Waals surface area contributed by atoms with Crippen molar-refractivity contribution < 1.29 is 24.4 Å². The van der Waals surface area contributed by atoms with Crippen LogP contribution < -0.4 is 5.32 Å². The van der Waals surface area contributed by atoms with E-state index in [0.717, 1.165) is 11.1 Å². The number of rotatable bonds is 7. The summed E-state index contributed by atoms with van der Waals surface area (Å²) < 4.78 is 5.62. The van der Waals surface area contributed by atoms with Gasteiger partial charge in [-0.3, -0.25) is 14.5 Å². The Morgan fingerprint density at radius 1 is 1.00 bits per heavy atom. The van der Waals surface area contributed by atoms with Gasteiger partial charge in [-0.05, 0) is 5.56 Å². The number of carbonyl (C=O) groups is 2. The summed E-state index contributed by atoms with van der Waals surface area (Å²) in [6.07, 6.45) is 3.50. The molecular formula is C18H21BN2O5. The SMILES string of the molecule is O=C1C2C3C=CC(O3)C2C(=O)N1CCNCc1ccc(CB(O)O)cc1. The molecule has 3 aliphatic rings. The van der Waals surface area contributed by atoms with E-state index in [0.29, 0.717) is 19.6 Å². The fourth-order valence-electron chi connectivity index (χ4n) is 4.01. The van der Waals surface area contributed by atoms with Gasteiger partial charge < -0.3 is 20.1 Å². The molecule has 0 saturated carbocycles. The van der Waals surface area contributed by atoms with Crippen LogP contribution >= 0.6 is 0 Å². The zero-order valence-corrected chi connectivity index (χ0v) is 14.2. The molecular weight excluding hydrogens is 335 g/mol. The maximum Gasteiger partial charge on any atom is 0.456 e. The lowest BCUT2D eigenvalue weighted by atomic mass is 9.82. The Morgan fingerprint density at radius 2 is 1.58 bits per heavy atom. The van der Waals surface area contributed by atoms with E-state index < -0.39 is 7.12 Å². The number of likely N-dealkylation sites (tertiary alicyclic amines) is 1. The van der Waals surface area contributed by atoms with Crippen LogP contribution in [0.3, 0.4) is 0 Å². The van der Waals surface area contributed by atoms with Crippen molar-refractivity contribution in [3.05, 3.63) is 47.5 Å².